The molecule has 0 radical (unpaired) electrons. The van der Waals surface area contributed by atoms with E-state index in [-0.39, 0.29) is 16.8 Å². The van der Waals surface area contributed by atoms with Crippen LogP contribution in [0.1, 0.15) is 35.3 Å². The molecule has 1 amide bonds. The van der Waals surface area contributed by atoms with Crippen molar-refractivity contribution in [3.05, 3.63) is 77.9 Å². The van der Waals surface area contributed by atoms with Gasteiger partial charge in [-0.1, -0.05) is 18.2 Å². The Morgan fingerprint density at radius 1 is 1.00 bits per heavy atom. The van der Waals surface area contributed by atoms with E-state index in [0.717, 1.165) is 12.0 Å². The molecule has 0 aliphatic carbocycles. The minimum atomic E-state index is -3.86. The Labute approximate surface area is 205 Å². The van der Waals surface area contributed by atoms with Crippen LogP contribution in [0.4, 0.5) is 5.69 Å². The topological polar surface area (TPSA) is 94.2 Å². The first-order valence-corrected chi connectivity index (χ1v) is 12.7. The third-order valence-electron chi connectivity index (χ3n) is 5.90. The van der Waals surface area contributed by atoms with Crippen molar-refractivity contribution >= 4 is 21.6 Å². The highest BCUT2D eigenvalue weighted by Crippen LogP contribution is 2.33. The van der Waals surface area contributed by atoms with E-state index in [4.69, 9.17) is 14.2 Å². The fourth-order valence-electron chi connectivity index (χ4n) is 3.81. The summed E-state index contributed by atoms with van der Waals surface area (Å²) in [6.45, 7) is 2.91. The maximum absolute atomic E-state index is 13.1. The molecule has 1 N–H and O–H groups in total. The van der Waals surface area contributed by atoms with Gasteiger partial charge in [-0.2, -0.15) is 0 Å². The average Bonchev–Trinajstić information content (AvgIpc) is 3.12. The van der Waals surface area contributed by atoms with Crippen molar-refractivity contribution in [3.63, 3.8) is 0 Å². The Morgan fingerprint density at radius 3 is 2.40 bits per heavy atom. The number of nitrogens with zero attached hydrogens (tertiary/aromatic N) is 1. The van der Waals surface area contributed by atoms with Gasteiger partial charge in [0.05, 0.1) is 31.3 Å². The van der Waals surface area contributed by atoms with Crippen molar-refractivity contribution in [2.24, 2.45) is 0 Å². The molecule has 9 heteroatoms. The van der Waals surface area contributed by atoms with Gasteiger partial charge in [-0.3, -0.25) is 9.52 Å². The second-order valence-electron chi connectivity index (χ2n) is 8.18. The lowest BCUT2D eigenvalue weighted by atomic mass is 10.0. The summed E-state index contributed by atoms with van der Waals surface area (Å²) in [5, 5.41) is 0. The molecule has 3 aromatic rings. The number of carbonyl (C=O) groups excluding carboxylic acids is 1. The number of ether oxygens (including phenoxy) is 3. The Bertz CT molecular complexity index is 1310. The SMILES string of the molecule is COc1ccccc1C(C)N(C)C(=O)c1ccc(NS(=O)(=O)c2ccc3c(c2)OCCCO3)cc1. The molecule has 184 valence electrons. The summed E-state index contributed by atoms with van der Waals surface area (Å²) in [5.74, 6) is 1.44. The number of methoxy groups -OCH3 is 1. The van der Waals surface area contributed by atoms with E-state index in [2.05, 4.69) is 4.72 Å². The monoisotopic (exact) mass is 496 g/mol. The molecule has 0 bridgehead atoms. The maximum Gasteiger partial charge on any atom is 0.262 e. The van der Waals surface area contributed by atoms with Crippen LogP contribution in [0, 0.1) is 0 Å². The Kier molecular flexibility index (Phi) is 7.16. The number of fused-ring (bicyclic) bond motifs is 1. The first-order chi connectivity index (χ1) is 16.8. The number of anilines is 1. The molecular weight excluding hydrogens is 468 g/mol. The molecule has 35 heavy (non-hydrogen) atoms. The largest absolute Gasteiger partial charge is 0.496 e. The molecule has 1 aliphatic heterocycles. The van der Waals surface area contributed by atoms with Crippen LogP contribution in [0.25, 0.3) is 0 Å². The molecule has 3 aromatic carbocycles. The quantitative estimate of drug-likeness (QED) is 0.518. The zero-order valence-electron chi connectivity index (χ0n) is 19.9. The standard InChI is InChI=1S/C26H28N2O6S/c1-18(22-7-4-5-8-23(22)32-3)28(2)26(29)19-9-11-20(12-10-19)27-35(30,31)21-13-14-24-25(17-21)34-16-6-15-33-24/h4-5,7-14,17-18,27H,6,15-16H2,1-3H3. The Morgan fingerprint density at radius 2 is 1.69 bits per heavy atom. The van der Waals surface area contributed by atoms with Crippen LogP contribution in [0.5, 0.6) is 17.2 Å². The summed E-state index contributed by atoms with van der Waals surface area (Å²) in [6.07, 6.45) is 0.729. The third kappa shape index (κ3) is 5.35. The van der Waals surface area contributed by atoms with Crippen molar-refractivity contribution in [2.45, 2.75) is 24.3 Å². The van der Waals surface area contributed by atoms with Gasteiger partial charge in [0.25, 0.3) is 15.9 Å². The maximum atomic E-state index is 13.1. The van der Waals surface area contributed by atoms with E-state index in [1.54, 1.807) is 49.4 Å². The molecule has 0 fully saturated rings. The summed E-state index contributed by atoms with van der Waals surface area (Å²) in [4.78, 5) is 14.7. The predicted molar refractivity (Wildman–Crippen MR) is 133 cm³/mol. The van der Waals surface area contributed by atoms with E-state index < -0.39 is 10.0 Å². The van der Waals surface area contributed by atoms with Crippen molar-refractivity contribution < 1.29 is 27.4 Å². The van der Waals surface area contributed by atoms with E-state index in [1.165, 1.54) is 12.1 Å². The number of benzene rings is 3. The summed E-state index contributed by atoms with van der Waals surface area (Å²) in [5.41, 5.74) is 1.67. The average molecular weight is 497 g/mol. The summed E-state index contributed by atoms with van der Waals surface area (Å²) >= 11 is 0. The molecule has 4 rings (SSSR count). The number of sulfonamides is 1. The Balaban J connectivity index is 1.47. The van der Waals surface area contributed by atoms with E-state index >= 15 is 0 Å². The molecule has 0 aromatic heterocycles. The summed E-state index contributed by atoms with van der Waals surface area (Å²) < 4.78 is 45.0. The molecule has 0 saturated heterocycles. The molecule has 1 aliphatic rings. The van der Waals surface area contributed by atoms with Gasteiger partial charge in [0.1, 0.15) is 5.75 Å². The lowest BCUT2D eigenvalue weighted by Gasteiger charge is -2.26. The molecule has 1 heterocycles. The second kappa shape index (κ2) is 10.3. The summed E-state index contributed by atoms with van der Waals surface area (Å²) in [7, 11) is -0.541. The normalized spacial score (nSPS) is 13.9. The van der Waals surface area contributed by atoms with Crippen LogP contribution >= 0.6 is 0 Å². The van der Waals surface area contributed by atoms with Crippen molar-refractivity contribution in [1.82, 2.24) is 4.90 Å². The van der Waals surface area contributed by atoms with Gasteiger partial charge >= 0.3 is 0 Å². The smallest absolute Gasteiger partial charge is 0.262 e. The zero-order valence-corrected chi connectivity index (χ0v) is 20.7. The first kappa shape index (κ1) is 24.4. The number of hydrogen-bond donors (Lipinski definition) is 1. The van der Waals surface area contributed by atoms with Gasteiger partial charge in [0.2, 0.25) is 0 Å². The lowest BCUT2D eigenvalue weighted by molar-refractivity contribution is 0.0741. The van der Waals surface area contributed by atoms with Crippen LogP contribution in [0.15, 0.2) is 71.6 Å². The van der Waals surface area contributed by atoms with Gasteiger partial charge in [-0.25, -0.2) is 8.42 Å². The second-order valence-corrected chi connectivity index (χ2v) is 9.86. The van der Waals surface area contributed by atoms with E-state index in [1.807, 2.05) is 31.2 Å². The van der Waals surface area contributed by atoms with Crippen LogP contribution in [-0.2, 0) is 10.0 Å². The van der Waals surface area contributed by atoms with Gasteiger partial charge in [0.15, 0.2) is 11.5 Å². The highest BCUT2D eigenvalue weighted by molar-refractivity contribution is 7.92. The van der Waals surface area contributed by atoms with Crippen LogP contribution in [-0.4, -0.2) is 46.6 Å². The number of hydrogen-bond acceptors (Lipinski definition) is 6. The van der Waals surface area contributed by atoms with E-state index in [9.17, 15) is 13.2 Å². The van der Waals surface area contributed by atoms with Gasteiger partial charge in [0, 0.05) is 36.3 Å². The Hall–Kier alpha value is -3.72. The number of carbonyl (C=O) groups is 1. The highest BCUT2D eigenvalue weighted by Gasteiger charge is 2.22. The zero-order chi connectivity index (χ0) is 25.0. The third-order valence-corrected chi connectivity index (χ3v) is 7.28. The number of nitrogens with one attached hydrogen (secondary N) is 1. The van der Waals surface area contributed by atoms with Crippen molar-refractivity contribution in [1.29, 1.82) is 0 Å². The van der Waals surface area contributed by atoms with Crippen LogP contribution in [0.3, 0.4) is 0 Å². The van der Waals surface area contributed by atoms with Gasteiger partial charge < -0.3 is 19.1 Å². The molecule has 8 nitrogen and oxygen atoms in total. The van der Waals surface area contributed by atoms with Gasteiger partial charge in [-0.05, 0) is 49.4 Å². The van der Waals surface area contributed by atoms with Crippen molar-refractivity contribution in [3.8, 4) is 17.2 Å². The molecule has 0 saturated carbocycles. The van der Waals surface area contributed by atoms with Crippen LogP contribution in [0.2, 0.25) is 0 Å². The van der Waals surface area contributed by atoms with Crippen LogP contribution < -0.4 is 18.9 Å². The minimum absolute atomic E-state index is 0.0623. The number of amides is 1. The number of rotatable bonds is 7. The molecule has 0 spiro atoms. The van der Waals surface area contributed by atoms with E-state index in [0.29, 0.717) is 41.7 Å². The van der Waals surface area contributed by atoms with Crippen molar-refractivity contribution in [2.75, 3.05) is 32.1 Å². The predicted octanol–water partition coefficient (Wildman–Crippen LogP) is 4.49. The lowest BCUT2D eigenvalue weighted by Crippen LogP contribution is -2.29. The summed E-state index contributed by atoms with van der Waals surface area (Å²) in [6, 6.07) is 18.2. The highest BCUT2D eigenvalue weighted by atomic mass is 32.2. The number of para-hydroxylation sites is 1. The first-order valence-electron chi connectivity index (χ1n) is 11.2. The fraction of sp³-hybridized carbons (Fsp3) is 0.269. The molecule has 1 unspecified atom stereocenters. The van der Waals surface area contributed by atoms with Gasteiger partial charge in [-0.15, -0.1) is 0 Å². The minimum Gasteiger partial charge on any atom is -0.496 e. The molecule has 1 atom stereocenters. The molecular formula is C26H28N2O6S. The fourth-order valence-corrected chi connectivity index (χ4v) is 4.88.